The maximum absolute atomic E-state index is 13.1. The molecule has 0 amide bonds. The third-order valence-electron chi connectivity index (χ3n) is 6.41. The summed E-state index contributed by atoms with van der Waals surface area (Å²) in [4.78, 5) is 28.4. The van der Waals surface area contributed by atoms with Gasteiger partial charge in [-0.3, -0.25) is 4.79 Å². The number of fused-ring (bicyclic) bond motifs is 3. The molecule has 0 spiro atoms. The van der Waals surface area contributed by atoms with Gasteiger partial charge in [-0.25, -0.2) is 4.79 Å². The molecule has 0 saturated carbocycles. The average molecular weight is 384 g/mol. The molecule has 1 unspecified atom stereocenters. The van der Waals surface area contributed by atoms with E-state index < -0.39 is 11.5 Å². The first kappa shape index (κ1) is 19.0. The molecule has 2 aliphatic heterocycles. The van der Waals surface area contributed by atoms with Crippen molar-refractivity contribution in [2.75, 3.05) is 7.05 Å². The number of hydrogen-bond acceptors (Lipinski definition) is 5. The molecule has 0 radical (unpaired) electrons. The normalized spacial score (nSPS) is 24.6. The van der Waals surface area contributed by atoms with Gasteiger partial charge in [-0.15, -0.1) is 0 Å². The number of aromatic hydroxyl groups is 1. The Balaban J connectivity index is 1.68. The van der Waals surface area contributed by atoms with Crippen molar-refractivity contribution in [1.29, 1.82) is 0 Å². The Kier molecular flexibility index (Phi) is 5.15. The molecule has 6 nitrogen and oxygen atoms in total. The standard InChI is InChI=1S/C22H28N2O4/c1-3-4-11-24-18-8-6-5-7-17(18)20(25)19(21(24)26)22(27)28-16-12-14-9-10-15(13-16)23(14)2/h5-8,14-16,25H,3-4,9-13H2,1-2H3/t14-,15+,16?. The van der Waals surface area contributed by atoms with Crippen LogP contribution in [0.15, 0.2) is 29.1 Å². The van der Waals surface area contributed by atoms with Crippen LogP contribution in [0.25, 0.3) is 10.9 Å². The van der Waals surface area contributed by atoms with Crippen LogP contribution in [0.5, 0.6) is 5.75 Å². The van der Waals surface area contributed by atoms with Crippen molar-refractivity contribution < 1.29 is 14.6 Å². The van der Waals surface area contributed by atoms with E-state index in [0.29, 0.717) is 29.5 Å². The van der Waals surface area contributed by atoms with Crippen molar-refractivity contribution in [2.24, 2.45) is 0 Å². The van der Waals surface area contributed by atoms with Gasteiger partial charge >= 0.3 is 5.97 Å². The number of aromatic nitrogens is 1. The Morgan fingerprint density at radius 3 is 2.57 bits per heavy atom. The van der Waals surface area contributed by atoms with Gasteiger partial charge in [0.05, 0.1) is 5.52 Å². The summed E-state index contributed by atoms with van der Waals surface area (Å²) in [5.74, 6) is -0.971. The molecule has 150 valence electrons. The van der Waals surface area contributed by atoms with E-state index in [1.54, 1.807) is 22.8 Å². The molecular formula is C22H28N2O4. The first-order valence-electron chi connectivity index (χ1n) is 10.3. The third kappa shape index (κ3) is 3.20. The summed E-state index contributed by atoms with van der Waals surface area (Å²) >= 11 is 0. The molecule has 2 aliphatic rings. The molecule has 1 aromatic carbocycles. The van der Waals surface area contributed by atoms with Crippen molar-refractivity contribution in [3.05, 3.63) is 40.2 Å². The minimum atomic E-state index is -0.701. The van der Waals surface area contributed by atoms with E-state index in [1.807, 2.05) is 6.07 Å². The van der Waals surface area contributed by atoms with E-state index in [1.165, 1.54) is 0 Å². The number of ether oxygens (including phenoxy) is 1. The van der Waals surface area contributed by atoms with Gasteiger partial charge in [-0.1, -0.05) is 25.5 Å². The quantitative estimate of drug-likeness (QED) is 0.801. The smallest absolute Gasteiger partial charge is 0.347 e. The number of piperidine rings is 1. The number of nitrogens with zero attached hydrogens (tertiary/aromatic N) is 2. The van der Waals surface area contributed by atoms with Crippen LogP contribution in [-0.4, -0.2) is 45.8 Å². The Morgan fingerprint density at radius 2 is 1.89 bits per heavy atom. The van der Waals surface area contributed by atoms with E-state index in [4.69, 9.17) is 4.74 Å². The number of unbranched alkanes of at least 4 members (excludes halogenated alkanes) is 1. The van der Waals surface area contributed by atoms with Gasteiger partial charge in [0.15, 0.2) is 5.56 Å². The number of aryl methyl sites for hydroxylation is 1. The number of carbonyl (C=O) groups is 1. The minimum Gasteiger partial charge on any atom is -0.506 e. The van der Waals surface area contributed by atoms with Gasteiger partial charge in [0.2, 0.25) is 0 Å². The van der Waals surface area contributed by atoms with Crippen LogP contribution in [0, 0.1) is 0 Å². The number of hydrogen-bond donors (Lipinski definition) is 1. The topological polar surface area (TPSA) is 71.8 Å². The molecule has 2 fully saturated rings. The predicted molar refractivity (Wildman–Crippen MR) is 108 cm³/mol. The SMILES string of the molecule is CCCCn1c(=O)c(C(=O)OC2C[C@H]3CC[C@@H](C2)N3C)c(O)c2ccccc21. The summed E-state index contributed by atoms with van der Waals surface area (Å²) in [7, 11) is 2.13. The van der Waals surface area contributed by atoms with E-state index >= 15 is 0 Å². The lowest BCUT2D eigenvalue weighted by molar-refractivity contribution is -0.000859. The highest BCUT2D eigenvalue weighted by molar-refractivity contribution is 5.99. The van der Waals surface area contributed by atoms with E-state index in [9.17, 15) is 14.7 Å². The molecule has 2 saturated heterocycles. The van der Waals surface area contributed by atoms with Crippen LogP contribution in [0.3, 0.4) is 0 Å². The van der Waals surface area contributed by atoms with Crippen molar-refractivity contribution >= 4 is 16.9 Å². The number of rotatable bonds is 5. The van der Waals surface area contributed by atoms with Crippen LogP contribution in [0.2, 0.25) is 0 Å². The molecule has 3 heterocycles. The van der Waals surface area contributed by atoms with Gasteiger partial charge in [0, 0.05) is 36.9 Å². The van der Waals surface area contributed by atoms with Gasteiger partial charge in [-0.2, -0.15) is 0 Å². The molecule has 0 aliphatic carbocycles. The molecule has 2 bridgehead atoms. The fraction of sp³-hybridized carbons (Fsp3) is 0.545. The fourth-order valence-electron chi connectivity index (χ4n) is 4.78. The van der Waals surface area contributed by atoms with Crippen molar-refractivity contribution in [3.63, 3.8) is 0 Å². The van der Waals surface area contributed by atoms with E-state index in [-0.39, 0.29) is 17.4 Å². The van der Waals surface area contributed by atoms with Crippen LogP contribution in [0.1, 0.15) is 55.8 Å². The summed E-state index contributed by atoms with van der Waals surface area (Å²) < 4.78 is 7.33. The molecule has 4 rings (SSSR count). The third-order valence-corrected chi connectivity index (χ3v) is 6.41. The first-order valence-corrected chi connectivity index (χ1v) is 10.3. The molecule has 6 heteroatoms. The zero-order valence-corrected chi connectivity index (χ0v) is 16.6. The Labute approximate surface area is 164 Å². The van der Waals surface area contributed by atoms with Crippen LogP contribution < -0.4 is 5.56 Å². The first-order chi connectivity index (χ1) is 13.5. The second-order valence-electron chi connectivity index (χ2n) is 8.10. The van der Waals surface area contributed by atoms with E-state index in [0.717, 1.165) is 38.5 Å². The lowest BCUT2D eigenvalue weighted by Gasteiger charge is -2.35. The van der Waals surface area contributed by atoms with Gasteiger partial charge in [0.25, 0.3) is 5.56 Å². The molecule has 28 heavy (non-hydrogen) atoms. The van der Waals surface area contributed by atoms with Crippen LogP contribution in [0.4, 0.5) is 0 Å². The number of esters is 1. The van der Waals surface area contributed by atoms with Crippen LogP contribution in [-0.2, 0) is 11.3 Å². The number of pyridine rings is 1. The van der Waals surface area contributed by atoms with Gasteiger partial charge in [0.1, 0.15) is 11.9 Å². The zero-order valence-electron chi connectivity index (χ0n) is 16.6. The predicted octanol–water partition coefficient (Wildman–Crippen LogP) is 3.29. The largest absolute Gasteiger partial charge is 0.506 e. The number of carbonyl (C=O) groups excluding carboxylic acids is 1. The highest BCUT2D eigenvalue weighted by Gasteiger charge is 2.40. The highest BCUT2D eigenvalue weighted by Crippen LogP contribution is 2.36. The number of para-hydroxylation sites is 1. The lowest BCUT2D eigenvalue weighted by atomic mass is 10.0. The Hall–Kier alpha value is -2.34. The Bertz CT molecular complexity index is 937. The monoisotopic (exact) mass is 384 g/mol. The van der Waals surface area contributed by atoms with Crippen LogP contribution >= 0.6 is 0 Å². The van der Waals surface area contributed by atoms with Gasteiger partial charge in [-0.05, 0) is 38.4 Å². The molecular weight excluding hydrogens is 356 g/mol. The summed E-state index contributed by atoms with van der Waals surface area (Å²) in [6.07, 6.45) is 5.38. The molecule has 1 N–H and O–H groups in total. The second-order valence-corrected chi connectivity index (χ2v) is 8.10. The minimum absolute atomic E-state index is 0.199. The summed E-state index contributed by atoms with van der Waals surface area (Å²) in [5.41, 5.74) is -0.0565. The highest BCUT2D eigenvalue weighted by atomic mass is 16.5. The lowest BCUT2D eigenvalue weighted by Crippen LogP contribution is -2.43. The molecule has 1 aromatic heterocycles. The van der Waals surface area contributed by atoms with Gasteiger partial charge < -0.3 is 19.3 Å². The molecule has 2 aromatic rings. The van der Waals surface area contributed by atoms with Crippen molar-refractivity contribution in [1.82, 2.24) is 9.47 Å². The summed E-state index contributed by atoms with van der Waals surface area (Å²) in [6, 6.07) is 8.02. The van der Waals surface area contributed by atoms with Crippen molar-refractivity contribution in [2.45, 2.75) is 70.2 Å². The molecule has 3 atom stereocenters. The van der Waals surface area contributed by atoms with Crippen molar-refractivity contribution in [3.8, 4) is 5.75 Å². The summed E-state index contributed by atoms with van der Waals surface area (Å²) in [6.45, 7) is 2.56. The zero-order chi connectivity index (χ0) is 19.8. The van der Waals surface area contributed by atoms with E-state index in [2.05, 4.69) is 18.9 Å². The number of benzene rings is 1. The maximum atomic E-state index is 13.1. The Morgan fingerprint density at radius 1 is 1.21 bits per heavy atom. The maximum Gasteiger partial charge on any atom is 0.347 e. The fourth-order valence-corrected chi connectivity index (χ4v) is 4.78. The summed E-state index contributed by atoms with van der Waals surface area (Å²) in [5, 5.41) is 11.2. The average Bonchev–Trinajstić information content (AvgIpc) is 2.89. The second kappa shape index (κ2) is 7.59.